The lowest BCUT2D eigenvalue weighted by molar-refractivity contribution is 0.566. The average molecular weight is 132 g/mol. The highest BCUT2D eigenvalue weighted by molar-refractivity contribution is 8.78. The summed E-state index contributed by atoms with van der Waals surface area (Å²) in [6.07, 6.45) is 1.27. The molecule has 0 unspecified atom stereocenters. The zero-order chi connectivity index (χ0) is 5.54. The first-order valence-electron chi connectivity index (χ1n) is 1.20. The van der Waals surface area contributed by atoms with E-state index in [1.807, 2.05) is 0 Å². The summed E-state index contributed by atoms with van der Waals surface area (Å²) in [5, 5.41) is 9.50. The van der Waals surface area contributed by atoms with Crippen molar-refractivity contribution in [2.75, 3.05) is 0 Å². The van der Waals surface area contributed by atoms with Crippen molar-refractivity contribution in [2.24, 2.45) is 4.40 Å². The molecule has 0 aliphatic carbocycles. The topological polar surface area (TPSA) is 53.2 Å². The second kappa shape index (κ2) is 5.57. The molecule has 0 fully saturated rings. The van der Waals surface area contributed by atoms with Gasteiger partial charge in [0.05, 0.1) is 11.0 Å². The van der Waals surface area contributed by atoms with Gasteiger partial charge in [-0.05, 0) is 0 Å². The van der Waals surface area contributed by atoms with Gasteiger partial charge in [0.25, 0.3) is 0 Å². The Hall–Kier alpha value is -0.430. The Morgan fingerprint density at radius 2 is 2.43 bits per heavy atom. The molecule has 0 saturated heterocycles. The number of nitriles is 1. The number of thiocyanates is 1. The van der Waals surface area contributed by atoms with Gasteiger partial charge in [-0.3, -0.25) is 0 Å². The van der Waals surface area contributed by atoms with Crippen molar-refractivity contribution in [3.63, 3.8) is 0 Å². The van der Waals surface area contributed by atoms with Crippen LogP contribution in [0.1, 0.15) is 0 Å². The summed E-state index contributed by atoms with van der Waals surface area (Å²) < 4.78 is 3.01. The van der Waals surface area contributed by atoms with Crippen LogP contribution in [0.3, 0.4) is 0 Å². The zero-order valence-electron chi connectivity index (χ0n) is 3.12. The van der Waals surface area contributed by atoms with Crippen LogP contribution in [-0.2, 0) is 4.79 Å². The van der Waals surface area contributed by atoms with E-state index in [4.69, 9.17) is 5.26 Å². The van der Waals surface area contributed by atoms with Gasteiger partial charge >= 0.3 is 0 Å². The lowest BCUT2D eigenvalue weighted by Gasteiger charge is -1.66. The van der Waals surface area contributed by atoms with E-state index in [9.17, 15) is 4.79 Å². The first-order chi connectivity index (χ1) is 3.41. The van der Waals surface area contributed by atoms with Crippen molar-refractivity contribution in [1.29, 1.82) is 5.26 Å². The number of rotatable bonds is 2. The third-order valence-electron chi connectivity index (χ3n) is 0.149. The monoisotopic (exact) mass is 132 g/mol. The predicted molar refractivity (Wildman–Crippen MR) is 28.9 cm³/mol. The average Bonchev–Trinajstić information content (AvgIpc) is 1.69. The number of carbonyl (C=O) groups excluding carboxylic acids is 1. The molecule has 0 N–H and O–H groups in total. The molecule has 0 bridgehead atoms. The van der Waals surface area contributed by atoms with Gasteiger partial charge in [-0.25, -0.2) is 4.79 Å². The van der Waals surface area contributed by atoms with Crippen molar-refractivity contribution < 1.29 is 4.79 Å². The summed E-state index contributed by atoms with van der Waals surface area (Å²) >= 11 is 0. The molecule has 0 spiro atoms. The highest BCUT2D eigenvalue weighted by Gasteiger charge is 1.75. The molecule has 0 radical (unpaired) electrons. The molecule has 0 rings (SSSR count). The van der Waals surface area contributed by atoms with Crippen LogP contribution in [0.25, 0.3) is 0 Å². The van der Waals surface area contributed by atoms with Crippen LogP contribution >= 0.6 is 21.8 Å². The van der Waals surface area contributed by atoms with E-state index < -0.39 is 0 Å². The van der Waals surface area contributed by atoms with Gasteiger partial charge in [-0.15, -0.1) is 4.40 Å². The molecular formula is C2N2OS2. The first kappa shape index (κ1) is 6.57. The van der Waals surface area contributed by atoms with Crippen LogP contribution in [0, 0.1) is 10.7 Å². The zero-order valence-corrected chi connectivity index (χ0v) is 4.75. The van der Waals surface area contributed by atoms with Crippen molar-refractivity contribution in [1.82, 2.24) is 0 Å². The lowest BCUT2D eigenvalue weighted by atomic mass is 11.7. The van der Waals surface area contributed by atoms with Gasteiger partial charge in [0.2, 0.25) is 6.08 Å². The van der Waals surface area contributed by atoms with E-state index in [1.54, 1.807) is 5.40 Å². The fraction of sp³-hybridized carbons (Fsp3) is 0. The van der Waals surface area contributed by atoms with Gasteiger partial charge in [-0.1, -0.05) is 0 Å². The lowest BCUT2D eigenvalue weighted by Crippen LogP contribution is -1.38. The Balaban J connectivity index is 3.03. The van der Waals surface area contributed by atoms with Gasteiger partial charge in [0, 0.05) is 10.8 Å². The van der Waals surface area contributed by atoms with Crippen LogP contribution in [0.2, 0.25) is 0 Å². The third kappa shape index (κ3) is 5.57. The predicted octanol–water partition coefficient (Wildman–Crippen LogP) is 1.10. The largest absolute Gasteiger partial charge is 0.248 e. The number of hydrogen-bond donors (Lipinski definition) is 0. The van der Waals surface area contributed by atoms with Gasteiger partial charge in [0.1, 0.15) is 5.40 Å². The molecule has 0 aromatic heterocycles. The quantitative estimate of drug-likeness (QED) is 0.141. The van der Waals surface area contributed by atoms with Gasteiger partial charge in [0.15, 0.2) is 0 Å². The molecule has 0 amide bonds. The van der Waals surface area contributed by atoms with E-state index in [0.29, 0.717) is 0 Å². The van der Waals surface area contributed by atoms with E-state index in [0.717, 1.165) is 21.8 Å². The van der Waals surface area contributed by atoms with E-state index in [1.165, 1.54) is 6.08 Å². The van der Waals surface area contributed by atoms with Crippen molar-refractivity contribution >= 4 is 27.9 Å². The molecule has 0 aliphatic heterocycles. The number of hydrogen-bond acceptors (Lipinski definition) is 5. The molecule has 0 aromatic carbocycles. The molecule has 0 saturated carbocycles. The number of nitrogens with zero attached hydrogens (tertiary/aromatic N) is 2. The summed E-state index contributed by atoms with van der Waals surface area (Å²) in [5.74, 6) is 0. The van der Waals surface area contributed by atoms with Gasteiger partial charge < -0.3 is 0 Å². The Kier molecular flexibility index (Phi) is 5.23. The SMILES string of the molecule is N#CSSN=C=O. The molecule has 0 aliphatic rings. The maximum absolute atomic E-state index is 9.24. The van der Waals surface area contributed by atoms with Crippen LogP contribution < -0.4 is 0 Å². The molecule has 0 atom stereocenters. The molecular weight excluding hydrogens is 132 g/mol. The van der Waals surface area contributed by atoms with E-state index >= 15 is 0 Å². The first-order valence-corrected chi connectivity index (χ1v) is 3.31. The summed E-state index contributed by atoms with van der Waals surface area (Å²) in [4.78, 5) is 9.24. The van der Waals surface area contributed by atoms with Crippen molar-refractivity contribution in [3.05, 3.63) is 0 Å². The second-order valence-corrected chi connectivity index (χ2v) is 2.06. The Bertz CT molecular complexity index is 122. The molecule has 3 nitrogen and oxygen atoms in total. The maximum atomic E-state index is 9.24. The summed E-state index contributed by atoms with van der Waals surface area (Å²) in [7, 11) is 1.64. The van der Waals surface area contributed by atoms with Crippen molar-refractivity contribution in [3.8, 4) is 5.40 Å². The van der Waals surface area contributed by atoms with Crippen LogP contribution in [0.4, 0.5) is 0 Å². The van der Waals surface area contributed by atoms with E-state index in [-0.39, 0.29) is 0 Å². The van der Waals surface area contributed by atoms with Gasteiger partial charge in [-0.2, -0.15) is 5.26 Å². The number of isocyanates is 1. The Labute approximate surface area is 48.3 Å². The van der Waals surface area contributed by atoms with Crippen LogP contribution in [-0.4, -0.2) is 6.08 Å². The molecule has 5 heteroatoms. The fourth-order valence-corrected chi connectivity index (χ4v) is 0.455. The van der Waals surface area contributed by atoms with Crippen LogP contribution in [0.15, 0.2) is 4.40 Å². The Morgan fingerprint density at radius 3 is 2.86 bits per heavy atom. The van der Waals surface area contributed by atoms with Crippen LogP contribution in [0.5, 0.6) is 0 Å². The fourth-order valence-electron chi connectivity index (χ4n) is 0.0505. The molecule has 0 heterocycles. The molecule has 0 aromatic rings. The second-order valence-electron chi connectivity index (χ2n) is 0.432. The highest BCUT2D eigenvalue weighted by atomic mass is 33.1. The maximum Gasteiger partial charge on any atom is 0.248 e. The summed E-state index contributed by atoms with van der Waals surface area (Å²) in [5.41, 5.74) is 0. The van der Waals surface area contributed by atoms with Crippen molar-refractivity contribution in [2.45, 2.75) is 0 Å². The Morgan fingerprint density at radius 1 is 1.71 bits per heavy atom. The minimum Gasteiger partial charge on any atom is -0.210 e. The minimum absolute atomic E-state index is 0.810. The molecule has 36 valence electrons. The smallest absolute Gasteiger partial charge is 0.210 e. The normalized spacial score (nSPS) is 6.14. The highest BCUT2D eigenvalue weighted by Crippen LogP contribution is 2.18. The minimum atomic E-state index is 0.810. The summed E-state index contributed by atoms with van der Waals surface area (Å²) in [6, 6.07) is 0. The third-order valence-corrected chi connectivity index (χ3v) is 1.12. The van der Waals surface area contributed by atoms with E-state index in [2.05, 4.69) is 4.40 Å². The summed E-state index contributed by atoms with van der Waals surface area (Å²) in [6.45, 7) is 0. The molecule has 7 heavy (non-hydrogen) atoms. The standard InChI is InChI=1S/C2N2OS2/c3-1-6-7-4-2-5.